The zero-order valence-corrected chi connectivity index (χ0v) is 10.7. The van der Waals surface area contributed by atoms with Crippen molar-refractivity contribution in [2.75, 3.05) is 20.1 Å². The molecule has 6 heteroatoms. The van der Waals surface area contributed by atoms with Gasteiger partial charge in [0, 0.05) is 19.1 Å². The molecule has 1 aromatic carbocycles. The van der Waals surface area contributed by atoms with E-state index in [1.807, 2.05) is 13.1 Å². The number of hydrogen-bond donors (Lipinski definition) is 1. The molecular formula is C13H17F3N2O. The highest BCUT2D eigenvalue weighted by molar-refractivity contribution is 5.28. The topological polar surface area (TPSA) is 24.5 Å². The van der Waals surface area contributed by atoms with Crippen LogP contribution in [0.4, 0.5) is 13.2 Å². The summed E-state index contributed by atoms with van der Waals surface area (Å²) >= 11 is 0. The molecule has 0 aliphatic carbocycles. The molecule has 1 aliphatic heterocycles. The van der Waals surface area contributed by atoms with E-state index in [9.17, 15) is 13.2 Å². The average Bonchev–Trinajstić information content (AvgIpc) is 2.80. The van der Waals surface area contributed by atoms with E-state index < -0.39 is 6.36 Å². The number of likely N-dealkylation sites (N-methyl/N-ethyl adjacent to an activating group) is 1. The van der Waals surface area contributed by atoms with Crippen LogP contribution in [-0.4, -0.2) is 37.4 Å². The molecule has 2 rings (SSSR count). The highest BCUT2D eigenvalue weighted by Gasteiger charge is 2.31. The van der Waals surface area contributed by atoms with Crippen molar-refractivity contribution in [3.05, 3.63) is 29.8 Å². The number of nitrogens with zero attached hydrogens (tertiary/aromatic N) is 1. The first-order chi connectivity index (χ1) is 8.94. The first-order valence-corrected chi connectivity index (χ1v) is 6.20. The van der Waals surface area contributed by atoms with Crippen molar-refractivity contribution in [2.24, 2.45) is 0 Å². The van der Waals surface area contributed by atoms with Crippen LogP contribution in [0.15, 0.2) is 24.3 Å². The van der Waals surface area contributed by atoms with Crippen LogP contribution in [0.1, 0.15) is 12.0 Å². The van der Waals surface area contributed by atoms with E-state index in [2.05, 4.69) is 15.0 Å². The SMILES string of the molecule is CN(Cc1cccc(OC(F)(F)F)c1)C1CCNC1. The van der Waals surface area contributed by atoms with Crippen LogP contribution in [-0.2, 0) is 6.54 Å². The van der Waals surface area contributed by atoms with E-state index >= 15 is 0 Å². The average molecular weight is 274 g/mol. The molecule has 19 heavy (non-hydrogen) atoms. The van der Waals surface area contributed by atoms with Gasteiger partial charge in [-0.3, -0.25) is 4.90 Å². The second-order valence-corrected chi connectivity index (χ2v) is 4.76. The Hall–Kier alpha value is -1.27. The highest BCUT2D eigenvalue weighted by atomic mass is 19.4. The molecule has 1 heterocycles. The Morgan fingerprint density at radius 3 is 2.84 bits per heavy atom. The number of rotatable bonds is 4. The number of alkyl halides is 3. The lowest BCUT2D eigenvalue weighted by Gasteiger charge is -2.23. The second kappa shape index (κ2) is 5.79. The van der Waals surface area contributed by atoms with Gasteiger partial charge in [0.1, 0.15) is 5.75 Å². The van der Waals surface area contributed by atoms with Gasteiger partial charge in [-0.05, 0) is 37.7 Å². The summed E-state index contributed by atoms with van der Waals surface area (Å²) in [7, 11) is 1.98. The van der Waals surface area contributed by atoms with Gasteiger partial charge in [-0.2, -0.15) is 0 Å². The van der Waals surface area contributed by atoms with Gasteiger partial charge in [-0.15, -0.1) is 13.2 Å². The van der Waals surface area contributed by atoms with Crippen LogP contribution in [0.3, 0.4) is 0 Å². The summed E-state index contributed by atoms with van der Waals surface area (Å²) in [6.07, 6.45) is -3.57. The third-order valence-electron chi connectivity index (χ3n) is 3.22. The van der Waals surface area contributed by atoms with E-state index in [4.69, 9.17) is 0 Å². The molecule has 0 amide bonds. The predicted molar refractivity (Wildman–Crippen MR) is 65.9 cm³/mol. The Bertz CT molecular complexity index is 417. The van der Waals surface area contributed by atoms with Crippen molar-refractivity contribution in [1.29, 1.82) is 0 Å². The first kappa shape index (κ1) is 14.1. The van der Waals surface area contributed by atoms with E-state index in [1.165, 1.54) is 12.1 Å². The van der Waals surface area contributed by atoms with Gasteiger partial charge in [-0.25, -0.2) is 0 Å². The zero-order valence-electron chi connectivity index (χ0n) is 10.7. The first-order valence-electron chi connectivity index (χ1n) is 6.20. The van der Waals surface area contributed by atoms with E-state index in [1.54, 1.807) is 6.07 Å². The minimum Gasteiger partial charge on any atom is -0.406 e. The smallest absolute Gasteiger partial charge is 0.406 e. The van der Waals surface area contributed by atoms with Crippen LogP contribution in [0.2, 0.25) is 0 Å². The Kier molecular flexibility index (Phi) is 4.31. The molecule has 1 N–H and O–H groups in total. The summed E-state index contributed by atoms with van der Waals surface area (Å²) < 4.78 is 40.3. The molecule has 0 saturated carbocycles. The molecule has 1 fully saturated rings. The summed E-state index contributed by atoms with van der Waals surface area (Å²) in [5.74, 6) is -0.164. The second-order valence-electron chi connectivity index (χ2n) is 4.76. The van der Waals surface area contributed by atoms with Gasteiger partial charge < -0.3 is 10.1 Å². The molecule has 0 spiro atoms. The van der Waals surface area contributed by atoms with Crippen molar-refractivity contribution in [3.63, 3.8) is 0 Å². The standard InChI is InChI=1S/C13H17F3N2O/c1-18(11-5-6-17-8-11)9-10-3-2-4-12(7-10)19-13(14,15)16/h2-4,7,11,17H,5-6,8-9H2,1H3. The van der Waals surface area contributed by atoms with Crippen molar-refractivity contribution in [2.45, 2.75) is 25.4 Å². The predicted octanol–water partition coefficient (Wildman–Crippen LogP) is 2.38. The van der Waals surface area contributed by atoms with Crippen LogP contribution in [0, 0.1) is 0 Å². The summed E-state index contributed by atoms with van der Waals surface area (Å²) in [5, 5.41) is 3.27. The number of benzene rings is 1. The van der Waals surface area contributed by atoms with Crippen molar-refractivity contribution in [1.82, 2.24) is 10.2 Å². The van der Waals surface area contributed by atoms with Crippen molar-refractivity contribution in [3.8, 4) is 5.75 Å². The molecule has 1 aromatic rings. The monoisotopic (exact) mass is 274 g/mol. The maximum absolute atomic E-state index is 12.1. The normalized spacial score (nSPS) is 19.9. The summed E-state index contributed by atoms with van der Waals surface area (Å²) in [5.41, 5.74) is 0.816. The van der Waals surface area contributed by atoms with Crippen LogP contribution >= 0.6 is 0 Å². The van der Waals surface area contributed by atoms with Gasteiger partial charge in [0.25, 0.3) is 0 Å². The third kappa shape index (κ3) is 4.40. The van der Waals surface area contributed by atoms with E-state index in [-0.39, 0.29) is 5.75 Å². The molecule has 1 atom stereocenters. The lowest BCUT2D eigenvalue weighted by Crippen LogP contribution is -2.32. The van der Waals surface area contributed by atoms with Gasteiger partial charge in [-0.1, -0.05) is 12.1 Å². The lowest BCUT2D eigenvalue weighted by molar-refractivity contribution is -0.274. The van der Waals surface area contributed by atoms with Gasteiger partial charge in [0.2, 0.25) is 0 Å². The lowest BCUT2D eigenvalue weighted by atomic mass is 10.1. The Morgan fingerprint density at radius 1 is 1.42 bits per heavy atom. The number of nitrogens with one attached hydrogen (secondary N) is 1. The van der Waals surface area contributed by atoms with Crippen molar-refractivity contribution < 1.29 is 17.9 Å². The largest absolute Gasteiger partial charge is 0.573 e. The number of ether oxygens (including phenoxy) is 1. The maximum atomic E-state index is 12.1. The molecular weight excluding hydrogens is 257 g/mol. The van der Waals surface area contributed by atoms with Gasteiger partial charge >= 0.3 is 6.36 Å². The minimum atomic E-state index is -4.64. The fourth-order valence-corrected chi connectivity index (χ4v) is 2.27. The minimum absolute atomic E-state index is 0.164. The molecule has 0 radical (unpaired) electrons. The zero-order chi connectivity index (χ0) is 13.9. The van der Waals surface area contributed by atoms with Gasteiger partial charge in [0.05, 0.1) is 0 Å². The Morgan fingerprint density at radius 2 is 2.21 bits per heavy atom. The van der Waals surface area contributed by atoms with E-state index in [0.29, 0.717) is 12.6 Å². The Balaban J connectivity index is 1.98. The fourth-order valence-electron chi connectivity index (χ4n) is 2.27. The number of hydrogen-bond acceptors (Lipinski definition) is 3. The maximum Gasteiger partial charge on any atom is 0.573 e. The quantitative estimate of drug-likeness (QED) is 0.912. The van der Waals surface area contributed by atoms with Crippen LogP contribution in [0.5, 0.6) is 5.75 Å². The molecule has 0 bridgehead atoms. The van der Waals surface area contributed by atoms with Crippen LogP contribution < -0.4 is 10.1 Å². The molecule has 3 nitrogen and oxygen atoms in total. The molecule has 1 unspecified atom stereocenters. The summed E-state index contributed by atoms with van der Waals surface area (Å²) in [6, 6.07) is 6.58. The third-order valence-corrected chi connectivity index (χ3v) is 3.22. The fraction of sp³-hybridized carbons (Fsp3) is 0.538. The van der Waals surface area contributed by atoms with Crippen LogP contribution in [0.25, 0.3) is 0 Å². The molecule has 106 valence electrons. The number of halogens is 3. The highest BCUT2D eigenvalue weighted by Crippen LogP contribution is 2.24. The summed E-state index contributed by atoms with van der Waals surface area (Å²) in [6.45, 7) is 2.53. The van der Waals surface area contributed by atoms with Gasteiger partial charge in [0.15, 0.2) is 0 Å². The summed E-state index contributed by atoms with van der Waals surface area (Å²) in [4.78, 5) is 2.15. The van der Waals surface area contributed by atoms with E-state index in [0.717, 1.165) is 25.1 Å². The molecule has 1 aliphatic rings. The molecule has 1 saturated heterocycles. The molecule has 0 aromatic heterocycles. The van der Waals surface area contributed by atoms with Crippen molar-refractivity contribution >= 4 is 0 Å². The Labute approximate surface area is 110 Å².